The van der Waals surface area contributed by atoms with Crippen LogP contribution < -0.4 is 5.32 Å². The predicted octanol–water partition coefficient (Wildman–Crippen LogP) is 4.52. The van der Waals surface area contributed by atoms with Crippen molar-refractivity contribution in [3.8, 4) is 16.9 Å². The number of carbonyl (C=O) groups is 1. The molecule has 3 aromatic rings. The zero-order valence-electron chi connectivity index (χ0n) is 15.0. The van der Waals surface area contributed by atoms with Gasteiger partial charge in [0.1, 0.15) is 11.5 Å². The van der Waals surface area contributed by atoms with Crippen molar-refractivity contribution in [3.05, 3.63) is 71.7 Å². The van der Waals surface area contributed by atoms with Gasteiger partial charge in [0, 0.05) is 12.1 Å². The monoisotopic (exact) mass is 351 g/mol. The largest absolute Gasteiger partial charge is 0.351 e. The highest BCUT2D eigenvalue weighted by Gasteiger charge is 2.18. The van der Waals surface area contributed by atoms with E-state index in [0.29, 0.717) is 23.5 Å². The van der Waals surface area contributed by atoms with Gasteiger partial charge in [0.2, 0.25) is 0 Å². The fourth-order valence-electron chi connectivity index (χ4n) is 2.70. The van der Waals surface area contributed by atoms with Crippen LogP contribution in [-0.4, -0.2) is 22.2 Å². The first kappa shape index (κ1) is 17.9. The van der Waals surface area contributed by atoms with Gasteiger partial charge in [-0.1, -0.05) is 43.2 Å². The summed E-state index contributed by atoms with van der Waals surface area (Å²) in [5.41, 5.74) is 3.08. The fraction of sp³-hybridized carbons (Fsp3) is 0.238. The SMILES string of the molecule is CCCCNC(=O)c1cc(-c2ccccc2F)nn1-c1ccc(C)cc1. The molecule has 26 heavy (non-hydrogen) atoms. The van der Waals surface area contributed by atoms with E-state index in [1.165, 1.54) is 6.07 Å². The Morgan fingerprint density at radius 2 is 1.88 bits per heavy atom. The van der Waals surface area contributed by atoms with E-state index in [9.17, 15) is 9.18 Å². The second-order valence-corrected chi connectivity index (χ2v) is 6.25. The van der Waals surface area contributed by atoms with Crippen molar-refractivity contribution < 1.29 is 9.18 Å². The average Bonchev–Trinajstić information content (AvgIpc) is 3.08. The minimum absolute atomic E-state index is 0.214. The predicted molar refractivity (Wildman–Crippen MR) is 101 cm³/mol. The number of benzene rings is 2. The number of unbranched alkanes of at least 4 members (excludes halogenated alkanes) is 1. The second kappa shape index (κ2) is 7.95. The van der Waals surface area contributed by atoms with Crippen LogP contribution in [0.15, 0.2) is 54.6 Å². The highest BCUT2D eigenvalue weighted by molar-refractivity contribution is 5.94. The van der Waals surface area contributed by atoms with Crippen LogP contribution in [0, 0.1) is 12.7 Å². The molecule has 0 aliphatic heterocycles. The molecule has 1 N–H and O–H groups in total. The van der Waals surface area contributed by atoms with Crippen molar-refractivity contribution in [2.24, 2.45) is 0 Å². The Morgan fingerprint density at radius 1 is 1.15 bits per heavy atom. The summed E-state index contributed by atoms with van der Waals surface area (Å²) in [5, 5.41) is 7.41. The van der Waals surface area contributed by atoms with Gasteiger partial charge in [-0.2, -0.15) is 5.10 Å². The Labute approximate surface area is 152 Å². The third-order valence-corrected chi connectivity index (χ3v) is 4.19. The molecule has 1 heterocycles. The first-order chi connectivity index (χ1) is 12.6. The first-order valence-electron chi connectivity index (χ1n) is 8.80. The molecule has 0 bridgehead atoms. The molecular weight excluding hydrogens is 329 g/mol. The Kier molecular flexibility index (Phi) is 5.46. The van der Waals surface area contributed by atoms with E-state index in [-0.39, 0.29) is 11.7 Å². The van der Waals surface area contributed by atoms with E-state index in [2.05, 4.69) is 17.3 Å². The van der Waals surface area contributed by atoms with Crippen molar-refractivity contribution in [2.75, 3.05) is 6.54 Å². The van der Waals surface area contributed by atoms with E-state index in [1.54, 1.807) is 28.9 Å². The lowest BCUT2D eigenvalue weighted by atomic mass is 10.1. The van der Waals surface area contributed by atoms with E-state index in [0.717, 1.165) is 24.1 Å². The maximum absolute atomic E-state index is 14.2. The first-order valence-corrected chi connectivity index (χ1v) is 8.80. The van der Waals surface area contributed by atoms with Gasteiger partial charge in [0.05, 0.1) is 11.4 Å². The summed E-state index contributed by atoms with van der Waals surface area (Å²) in [4.78, 5) is 12.6. The minimum atomic E-state index is -0.362. The molecule has 0 saturated carbocycles. The molecule has 2 aromatic carbocycles. The highest BCUT2D eigenvalue weighted by Crippen LogP contribution is 2.24. The summed E-state index contributed by atoms with van der Waals surface area (Å²) >= 11 is 0. The summed E-state index contributed by atoms with van der Waals surface area (Å²) in [6.45, 7) is 4.67. The number of rotatable bonds is 6. The number of halogens is 1. The van der Waals surface area contributed by atoms with Crippen molar-refractivity contribution >= 4 is 5.91 Å². The van der Waals surface area contributed by atoms with E-state index in [4.69, 9.17) is 0 Å². The van der Waals surface area contributed by atoms with Crippen LogP contribution in [0.2, 0.25) is 0 Å². The molecule has 5 heteroatoms. The van der Waals surface area contributed by atoms with Crippen LogP contribution in [-0.2, 0) is 0 Å². The molecule has 0 unspecified atom stereocenters. The standard InChI is InChI=1S/C21H22FN3O/c1-3-4-13-23-21(26)20-14-19(17-7-5-6-8-18(17)22)24-25(20)16-11-9-15(2)10-12-16/h5-12,14H,3-4,13H2,1-2H3,(H,23,26). The van der Waals surface area contributed by atoms with Gasteiger partial charge in [-0.25, -0.2) is 9.07 Å². The molecule has 4 nitrogen and oxygen atoms in total. The van der Waals surface area contributed by atoms with Gasteiger partial charge < -0.3 is 5.32 Å². The number of amides is 1. The normalized spacial score (nSPS) is 10.7. The number of nitrogens with one attached hydrogen (secondary N) is 1. The average molecular weight is 351 g/mol. The van der Waals surface area contributed by atoms with E-state index in [1.807, 2.05) is 31.2 Å². The maximum Gasteiger partial charge on any atom is 0.270 e. The fourth-order valence-corrected chi connectivity index (χ4v) is 2.70. The number of hydrogen-bond donors (Lipinski definition) is 1. The summed E-state index contributed by atoms with van der Waals surface area (Å²) in [5.74, 6) is -0.576. The summed E-state index contributed by atoms with van der Waals surface area (Å²) in [7, 11) is 0. The topological polar surface area (TPSA) is 46.9 Å². The lowest BCUT2D eigenvalue weighted by Crippen LogP contribution is -2.26. The minimum Gasteiger partial charge on any atom is -0.351 e. The molecular formula is C21H22FN3O. The molecule has 0 radical (unpaired) electrons. The molecule has 0 atom stereocenters. The van der Waals surface area contributed by atoms with Crippen LogP contribution in [0.5, 0.6) is 0 Å². The summed E-state index contributed by atoms with van der Waals surface area (Å²) in [6, 6.07) is 15.8. The lowest BCUT2D eigenvalue weighted by Gasteiger charge is -2.08. The Morgan fingerprint density at radius 3 is 2.58 bits per heavy atom. The molecule has 0 aliphatic rings. The van der Waals surface area contributed by atoms with Gasteiger partial charge in [-0.15, -0.1) is 0 Å². The van der Waals surface area contributed by atoms with Crippen LogP contribution in [0.4, 0.5) is 4.39 Å². The molecule has 0 saturated heterocycles. The Balaban J connectivity index is 2.04. The Hall–Kier alpha value is -2.95. The molecule has 134 valence electrons. The van der Waals surface area contributed by atoms with Gasteiger partial charge in [-0.05, 0) is 43.7 Å². The number of hydrogen-bond acceptors (Lipinski definition) is 2. The third-order valence-electron chi connectivity index (χ3n) is 4.19. The van der Waals surface area contributed by atoms with Crippen LogP contribution in [0.1, 0.15) is 35.8 Å². The van der Waals surface area contributed by atoms with Crippen molar-refractivity contribution in [2.45, 2.75) is 26.7 Å². The van der Waals surface area contributed by atoms with Crippen LogP contribution >= 0.6 is 0 Å². The van der Waals surface area contributed by atoms with Gasteiger partial charge in [0.15, 0.2) is 0 Å². The quantitative estimate of drug-likeness (QED) is 0.664. The molecule has 1 amide bonds. The second-order valence-electron chi connectivity index (χ2n) is 6.25. The maximum atomic E-state index is 14.2. The smallest absolute Gasteiger partial charge is 0.270 e. The van der Waals surface area contributed by atoms with Crippen LogP contribution in [0.3, 0.4) is 0 Å². The number of nitrogens with zero attached hydrogens (tertiary/aromatic N) is 2. The molecule has 0 spiro atoms. The van der Waals surface area contributed by atoms with Crippen molar-refractivity contribution in [1.82, 2.24) is 15.1 Å². The van der Waals surface area contributed by atoms with Crippen molar-refractivity contribution in [1.29, 1.82) is 0 Å². The molecule has 0 fully saturated rings. The van der Waals surface area contributed by atoms with E-state index >= 15 is 0 Å². The number of aromatic nitrogens is 2. The Bertz CT molecular complexity index is 900. The number of aryl methyl sites for hydroxylation is 1. The van der Waals surface area contributed by atoms with Gasteiger partial charge in [0.25, 0.3) is 5.91 Å². The zero-order chi connectivity index (χ0) is 18.5. The summed E-state index contributed by atoms with van der Waals surface area (Å²) < 4.78 is 15.7. The van der Waals surface area contributed by atoms with Crippen molar-refractivity contribution in [3.63, 3.8) is 0 Å². The van der Waals surface area contributed by atoms with Gasteiger partial charge in [-0.3, -0.25) is 4.79 Å². The zero-order valence-corrected chi connectivity index (χ0v) is 15.0. The van der Waals surface area contributed by atoms with Gasteiger partial charge >= 0.3 is 0 Å². The third kappa shape index (κ3) is 3.82. The lowest BCUT2D eigenvalue weighted by molar-refractivity contribution is 0.0945. The molecule has 0 aliphatic carbocycles. The van der Waals surface area contributed by atoms with Crippen LogP contribution in [0.25, 0.3) is 16.9 Å². The summed E-state index contributed by atoms with van der Waals surface area (Å²) in [6.07, 6.45) is 1.91. The highest BCUT2D eigenvalue weighted by atomic mass is 19.1. The molecule has 1 aromatic heterocycles. The molecule has 3 rings (SSSR count). The number of carbonyl (C=O) groups excluding carboxylic acids is 1. The van der Waals surface area contributed by atoms with E-state index < -0.39 is 0 Å².